The van der Waals surface area contributed by atoms with Crippen molar-refractivity contribution in [2.24, 2.45) is 10.3 Å². The van der Waals surface area contributed by atoms with Gasteiger partial charge in [0.05, 0.1) is 0 Å². The van der Waals surface area contributed by atoms with Crippen LogP contribution < -0.4 is 10.3 Å². The largest absolute Gasteiger partial charge is 0.271 e. The van der Waals surface area contributed by atoms with Gasteiger partial charge in [-0.15, -0.1) is 0 Å². The Morgan fingerprint density at radius 2 is 1.17 bits per heavy atom. The maximum Gasteiger partial charge on any atom is 0.271 e. The summed E-state index contributed by atoms with van der Waals surface area (Å²) in [7, 11) is -3.67. The molecule has 36 valence electrons. The minimum atomic E-state index is -3.67. The van der Waals surface area contributed by atoms with E-state index in [0.717, 1.165) is 0 Å². The number of hydrogen-bond acceptors (Lipinski definition) is 2. The molecule has 0 unspecified atom stereocenters. The molecule has 0 bridgehead atoms. The molecule has 0 amide bonds. The molecule has 0 saturated heterocycles. The predicted molar refractivity (Wildman–Crippen MR) is 23.0 cm³/mol. The van der Waals surface area contributed by atoms with E-state index in [9.17, 15) is 8.42 Å². The first kappa shape index (κ1) is 9.92. The first-order chi connectivity index (χ1) is 2.00. The van der Waals surface area contributed by atoms with E-state index >= 15 is 0 Å². The van der Waals surface area contributed by atoms with Crippen LogP contribution in [0.1, 0.15) is 0 Å². The van der Waals surface area contributed by atoms with E-state index in [1.165, 1.54) is 0 Å². The van der Waals surface area contributed by atoms with E-state index in [2.05, 4.69) is 10.3 Å². The van der Waals surface area contributed by atoms with Crippen molar-refractivity contribution in [3.05, 3.63) is 0 Å². The minimum Gasteiger partial charge on any atom is -0.216 e. The molecule has 0 aromatic carbocycles. The van der Waals surface area contributed by atoms with E-state index in [1.54, 1.807) is 0 Å². The van der Waals surface area contributed by atoms with Crippen LogP contribution in [0.25, 0.3) is 0 Å². The fourth-order valence-corrected chi connectivity index (χ4v) is 0. The van der Waals surface area contributed by atoms with Crippen molar-refractivity contribution < 1.29 is 8.42 Å². The summed E-state index contributed by atoms with van der Waals surface area (Å²) in [4.78, 5) is 0. The second-order valence-corrected chi connectivity index (χ2v) is 1.77. The van der Waals surface area contributed by atoms with Crippen molar-refractivity contribution in [2.75, 3.05) is 0 Å². The average Bonchev–Trinajstić information content (AvgIpc) is 0.722. The quantitative estimate of drug-likeness (QED) is 0.496. The molecule has 0 rings (SSSR count). The van der Waals surface area contributed by atoms with Crippen LogP contribution >= 0.6 is 0 Å². The summed E-state index contributed by atoms with van der Waals surface area (Å²) < 4.78 is 18.4. The van der Waals surface area contributed by atoms with E-state index in [1.807, 2.05) is 0 Å². The first-order valence-corrected chi connectivity index (χ1v) is 2.41. The number of nitrogens with two attached hydrogens (primary N) is 2. The van der Waals surface area contributed by atoms with Crippen LogP contribution in [0.2, 0.25) is 0 Å². The van der Waals surface area contributed by atoms with E-state index < -0.39 is 10.2 Å². The number of hydrogen-bond donors (Lipinski definition) is 2. The third kappa shape index (κ3) is 110. The standard InChI is InChI=1S/H4N2O2S.Pb/c1-5(2,3)4;/h(H4,1,2,3,4);. The first-order valence-electron chi connectivity index (χ1n) is 0.805. The zero-order valence-electron chi connectivity index (χ0n) is 2.88. The molecule has 4 nitrogen and oxygen atoms in total. The van der Waals surface area contributed by atoms with Crippen molar-refractivity contribution in [3.8, 4) is 0 Å². The van der Waals surface area contributed by atoms with Gasteiger partial charge in [-0.3, -0.25) is 0 Å². The van der Waals surface area contributed by atoms with Gasteiger partial charge in [0.2, 0.25) is 0 Å². The molecule has 0 spiro atoms. The molecule has 0 saturated carbocycles. The molecule has 4 radical (unpaired) electrons. The molecule has 0 aromatic rings. The second-order valence-electron chi connectivity index (χ2n) is 0.589. The van der Waals surface area contributed by atoms with Crippen molar-refractivity contribution in [2.45, 2.75) is 0 Å². The van der Waals surface area contributed by atoms with Gasteiger partial charge in [-0.05, 0) is 0 Å². The van der Waals surface area contributed by atoms with Crippen LogP contribution in [0.3, 0.4) is 0 Å². The van der Waals surface area contributed by atoms with Gasteiger partial charge in [0.25, 0.3) is 10.2 Å². The molecule has 6 heavy (non-hydrogen) atoms. The Morgan fingerprint density at radius 3 is 1.17 bits per heavy atom. The van der Waals surface area contributed by atoms with Gasteiger partial charge in [0.15, 0.2) is 0 Å². The zero-order chi connectivity index (χ0) is 4.50. The van der Waals surface area contributed by atoms with Gasteiger partial charge < -0.3 is 0 Å². The summed E-state index contributed by atoms with van der Waals surface area (Å²) in [6.45, 7) is 0. The van der Waals surface area contributed by atoms with Crippen molar-refractivity contribution >= 4 is 37.5 Å². The predicted octanol–water partition coefficient (Wildman–Crippen LogP) is -2.23. The Morgan fingerprint density at radius 1 is 1.17 bits per heavy atom. The maximum absolute atomic E-state index is 9.19. The molecular formula is H4N2O2PbS. The Hall–Kier alpha value is 0.792. The van der Waals surface area contributed by atoms with Crippen molar-refractivity contribution in [1.29, 1.82) is 0 Å². The van der Waals surface area contributed by atoms with Crippen LogP contribution in [0.4, 0.5) is 0 Å². The molecule has 0 aliphatic carbocycles. The molecule has 0 atom stereocenters. The number of rotatable bonds is 0. The zero-order valence-corrected chi connectivity index (χ0v) is 7.58. The minimum absolute atomic E-state index is 0. The fourth-order valence-electron chi connectivity index (χ4n) is 0. The van der Waals surface area contributed by atoms with Gasteiger partial charge in [-0.1, -0.05) is 0 Å². The summed E-state index contributed by atoms with van der Waals surface area (Å²) in [5.74, 6) is 0. The molecule has 0 aliphatic heterocycles. The van der Waals surface area contributed by atoms with Gasteiger partial charge in [-0.25, -0.2) is 10.3 Å². The third-order valence-electron chi connectivity index (χ3n) is 0. The molecule has 6 heteroatoms. The summed E-state index contributed by atoms with van der Waals surface area (Å²) in [5, 5.41) is 8.21. The second kappa shape index (κ2) is 2.88. The van der Waals surface area contributed by atoms with Crippen LogP contribution in [-0.2, 0) is 10.2 Å². The summed E-state index contributed by atoms with van der Waals surface area (Å²) in [6.07, 6.45) is 0. The SMILES string of the molecule is NS(N)(=O)=O.[Pb]. The van der Waals surface area contributed by atoms with Crippen molar-refractivity contribution in [1.82, 2.24) is 0 Å². The van der Waals surface area contributed by atoms with Crippen LogP contribution in [0.15, 0.2) is 0 Å². The van der Waals surface area contributed by atoms with Gasteiger partial charge in [-0.2, -0.15) is 8.42 Å². The molecule has 0 aliphatic rings. The van der Waals surface area contributed by atoms with E-state index in [-0.39, 0.29) is 27.3 Å². The van der Waals surface area contributed by atoms with Gasteiger partial charge in [0, 0.05) is 27.3 Å². The van der Waals surface area contributed by atoms with Gasteiger partial charge >= 0.3 is 0 Å². The summed E-state index contributed by atoms with van der Waals surface area (Å²) in [6, 6.07) is 0. The summed E-state index contributed by atoms with van der Waals surface area (Å²) in [5.41, 5.74) is 0. The summed E-state index contributed by atoms with van der Waals surface area (Å²) >= 11 is 0. The third-order valence-corrected chi connectivity index (χ3v) is 0. The Kier molecular flexibility index (Phi) is 4.77. The maximum atomic E-state index is 9.19. The molecule has 0 aromatic heterocycles. The Balaban J connectivity index is 0. The average molecular weight is 303 g/mol. The van der Waals surface area contributed by atoms with Crippen LogP contribution in [0.5, 0.6) is 0 Å². The monoisotopic (exact) mass is 304 g/mol. The van der Waals surface area contributed by atoms with Crippen molar-refractivity contribution in [3.63, 3.8) is 0 Å². The van der Waals surface area contributed by atoms with E-state index in [0.29, 0.717) is 0 Å². The Bertz CT molecular complexity index is 94.7. The van der Waals surface area contributed by atoms with Crippen LogP contribution in [-0.4, -0.2) is 35.7 Å². The molecular weight excluding hydrogens is 299 g/mol. The Labute approximate surface area is 56.2 Å². The van der Waals surface area contributed by atoms with Crippen LogP contribution in [0, 0.1) is 0 Å². The van der Waals surface area contributed by atoms with Gasteiger partial charge in [0.1, 0.15) is 0 Å². The van der Waals surface area contributed by atoms with E-state index in [4.69, 9.17) is 0 Å². The topological polar surface area (TPSA) is 86.2 Å². The normalized spacial score (nSPS) is 9.67. The fraction of sp³-hybridized carbons (Fsp3) is 0. The molecule has 0 heterocycles. The smallest absolute Gasteiger partial charge is 0.216 e. The molecule has 4 N–H and O–H groups in total. The molecule has 0 fully saturated rings.